The average molecular weight is 545 g/mol. The number of nitrogens with one attached hydrogen (secondary N) is 5. The molecule has 6 aromatic heterocycles. The van der Waals surface area contributed by atoms with E-state index >= 15 is 0 Å². The Hall–Kier alpha value is -4.58. The molecule has 8 aromatic rings. The van der Waals surface area contributed by atoms with E-state index in [9.17, 15) is 13.2 Å². The second-order valence-corrected chi connectivity index (χ2v) is 11.8. The Kier molecular flexibility index (Phi) is 6.31. The van der Waals surface area contributed by atoms with Gasteiger partial charge in [-0.3, -0.25) is 10.2 Å². The number of benzene rings is 2. The molecule has 0 radical (unpaired) electrons. The highest BCUT2D eigenvalue weighted by Crippen LogP contribution is 2.34. The smallest absolute Gasteiger partial charge is 0.332 e. The molecule has 0 unspecified atom stereocenters. The molecule has 0 aliphatic heterocycles. The van der Waals surface area contributed by atoms with Crippen LogP contribution in [-0.4, -0.2) is 50.7 Å². The van der Waals surface area contributed by atoms with Gasteiger partial charge in [-0.05, 0) is 55.3 Å². The monoisotopic (exact) mass is 544 g/mol. The second-order valence-electron chi connectivity index (χ2n) is 9.77. The molecule has 1 fully saturated rings. The highest BCUT2D eigenvalue weighted by Gasteiger charge is 2.19. The zero-order valence-electron chi connectivity index (χ0n) is 21.2. The van der Waals surface area contributed by atoms with Crippen molar-refractivity contribution in [2.75, 3.05) is 16.9 Å². The molecule has 1 aliphatic carbocycles. The van der Waals surface area contributed by atoms with Crippen molar-refractivity contribution in [1.82, 2.24) is 29.9 Å². The molecule has 39 heavy (non-hydrogen) atoms. The first-order valence-corrected chi connectivity index (χ1v) is 14.6. The number of anilines is 3. The van der Waals surface area contributed by atoms with Crippen LogP contribution in [0.25, 0.3) is 22.2 Å². The van der Waals surface area contributed by atoms with Crippen LogP contribution in [0.2, 0.25) is 0 Å². The van der Waals surface area contributed by atoms with Crippen LogP contribution in [0.3, 0.4) is 0 Å². The van der Waals surface area contributed by atoms with Gasteiger partial charge in [0, 0.05) is 35.7 Å². The molecule has 0 saturated heterocycles. The summed E-state index contributed by atoms with van der Waals surface area (Å²) in [5, 5.41) is 20.1. The van der Waals surface area contributed by atoms with Gasteiger partial charge in [0.25, 0.3) is 0 Å². The molecule has 4 bridgehead atoms. The van der Waals surface area contributed by atoms with Crippen LogP contribution in [0.5, 0.6) is 0 Å². The lowest BCUT2D eigenvalue weighted by Gasteiger charge is -2.12. The normalized spacial score (nSPS) is 14.1. The summed E-state index contributed by atoms with van der Waals surface area (Å²) in [7, 11) is -3.44. The highest BCUT2D eigenvalue weighted by molar-refractivity contribution is 7.90. The molecule has 0 spiro atoms. The van der Waals surface area contributed by atoms with Crippen molar-refractivity contribution >= 4 is 55.3 Å². The van der Waals surface area contributed by atoms with E-state index < -0.39 is 15.9 Å². The van der Waals surface area contributed by atoms with Gasteiger partial charge in [-0.15, -0.1) is 0 Å². The van der Waals surface area contributed by atoms with Gasteiger partial charge in [0.15, 0.2) is 15.7 Å². The highest BCUT2D eigenvalue weighted by atomic mass is 32.2. The number of sulfone groups is 1. The molecule has 1 amide bonds. The summed E-state index contributed by atoms with van der Waals surface area (Å²) in [5.74, 6) is 1.16. The average Bonchev–Trinajstić information content (AvgIpc) is 3.60. The molecule has 0 atom stereocenters. The number of amides is 1. The van der Waals surface area contributed by atoms with Gasteiger partial charge in [-0.25, -0.2) is 22.8 Å². The third-order valence-electron chi connectivity index (χ3n) is 6.96. The van der Waals surface area contributed by atoms with Gasteiger partial charge in [0.2, 0.25) is 0 Å². The summed E-state index contributed by atoms with van der Waals surface area (Å²) in [6, 6.07) is 16.7. The SMILES string of the molecule is CS(=O)(=O)c1cccc(NC(=O)n2c3ccc(cc3)[nH][nH]c3cnc2cc3Nc2cc(C3CCCC3)[nH]n2)c1. The first-order valence-electron chi connectivity index (χ1n) is 12.7. The van der Waals surface area contributed by atoms with Crippen molar-refractivity contribution in [3.63, 3.8) is 0 Å². The van der Waals surface area contributed by atoms with Gasteiger partial charge in [-0.1, -0.05) is 18.9 Å². The number of carbonyl (C=O) groups is 1. The molecule has 2 aromatic carbocycles. The predicted octanol–water partition coefficient (Wildman–Crippen LogP) is 5.58. The minimum atomic E-state index is -3.44. The Morgan fingerprint density at radius 2 is 1.82 bits per heavy atom. The van der Waals surface area contributed by atoms with E-state index in [1.807, 2.05) is 18.2 Å². The van der Waals surface area contributed by atoms with E-state index in [0.717, 1.165) is 30.3 Å². The van der Waals surface area contributed by atoms with E-state index in [4.69, 9.17) is 0 Å². The van der Waals surface area contributed by atoms with Crippen LogP contribution in [0.15, 0.2) is 71.8 Å². The number of hydrogen-bond donors (Lipinski definition) is 5. The third kappa shape index (κ3) is 5.23. The number of pyridine rings is 1. The molecule has 6 heterocycles. The Labute approximate surface area is 224 Å². The maximum Gasteiger partial charge on any atom is 0.332 e. The minimum absolute atomic E-state index is 0.115. The lowest BCUT2D eigenvalue weighted by Crippen LogP contribution is -2.20. The van der Waals surface area contributed by atoms with E-state index in [1.54, 1.807) is 36.5 Å². The fraction of sp³-hybridized carbons (Fsp3) is 0.222. The van der Waals surface area contributed by atoms with Crippen LogP contribution in [0, 0.1) is 0 Å². The van der Waals surface area contributed by atoms with Gasteiger partial charge in [-0.2, -0.15) is 5.10 Å². The molecule has 200 valence electrons. The summed E-state index contributed by atoms with van der Waals surface area (Å²) in [6.45, 7) is 0. The Balaban J connectivity index is 1.43. The Morgan fingerprint density at radius 3 is 2.59 bits per heavy atom. The first kappa shape index (κ1) is 24.7. The maximum atomic E-state index is 13.6. The fourth-order valence-electron chi connectivity index (χ4n) is 4.93. The van der Waals surface area contributed by atoms with E-state index in [-0.39, 0.29) is 4.90 Å². The topological polar surface area (TPSA) is 153 Å². The summed E-state index contributed by atoms with van der Waals surface area (Å²) >= 11 is 0. The van der Waals surface area contributed by atoms with Gasteiger partial charge >= 0.3 is 6.03 Å². The summed E-state index contributed by atoms with van der Waals surface area (Å²) in [6.07, 6.45) is 7.54. The van der Waals surface area contributed by atoms with Crippen molar-refractivity contribution < 1.29 is 13.2 Å². The first-order chi connectivity index (χ1) is 18.8. The van der Waals surface area contributed by atoms with Crippen LogP contribution < -0.4 is 10.6 Å². The van der Waals surface area contributed by atoms with E-state index in [2.05, 4.69) is 36.0 Å². The van der Waals surface area contributed by atoms with Crippen molar-refractivity contribution in [3.05, 3.63) is 72.6 Å². The lowest BCUT2D eigenvalue weighted by molar-refractivity contribution is 0.254. The number of H-pyrrole nitrogens is 3. The van der Waals surface area contributed by atoms with Crippen LogP contribution in [-0.2, 0) is 9.84 Å². The van der Waals surface area contributed by atoms with Crippen LogP contribution in [0.1, 0.15) is 37.3 Å². The van der Waals surface area contributed by atoms with Crippen LogP contribution >= 0.6 is 0 Å². The molecule has 9 rings (SSSR count). The van der Waals surface area contributed by atoms with Gasteiger partial charge < -0.3 is 15.7 Å². The number of carbonyl (C=O) groups excluding carboxylic acids is 1. The third-order valence-corrected chi connectivity index (χ3v) is 8.07. The van der Waals surface area contributed by atoms with Crippen molar-refractivity contribution in [1.29, 1.82) is 0 Å². The summed E-state index contributed by atoms with van der Waals surface area (Å²) < 4.78 is 25.5. The number of aromatic amines is 3. The van der Waals surface area contributed by atoms with Crippen LogP contribution in [0.4, 0.5) is 22.0 Å². The molecular formula is C27H28N8O3S. The second kappa shape index (κ2) is 9.95. The molecule has 1 aliphatic rings. The predicted molar refractivity (Wildman–Crippen MR) is 151 cm³/mol. The van der Waals surface area contributed by atoms with Crippen molar-refractivity contribution in [2.24, 2.45) is 0 Å². The van der Waals surface area contributed by atoms with Crippen molar-refractivity contribution in [2.45, 2.75) is 36.5 Å². The number of hydrogen-bond acceptors (Lipinski definition) is 6. The number of nitrogens with zero attached hydrogens (tertiary/aromatic N) is 3. The zero-order valence-corrected chi connectivity index (χ0v) is 22.0. The van der Waals surface area contributed by atoms with Gasteiger partial charge in [0.1, 0.15) is 5.65 Å². The van der Waals surface area contributed by atoms with E-state index in [0.29, 0.717) is 39.8 Å². The molecular weight excluding hydrogens is 516 g/mol. The standard InChI is InChI=1S/C27H28N8O3S/c1-39(37,38)21-8-4-7-19(13-21)29-27(36)35-20-11-9-18(10-12-20)31-33-24-16-28-26(35)15-23(24)30-25-14-22(32-34-25)17-5-2-3-6-17/h4,7-17,31,33H,2-3,5-6H2,1H3,(H,29,36)(H2,28,30,32,34). The Morgan fingerprint density at radius 1 is 1.03 bits per heavy atom. The summed E-state index contributed by atoms with van der Waals surface area (Å²) in [4.78, 5) is 18.3. The van der Waals surface area contributed by atoms with E-state index in [1.165, 1.54) is 29.5 Å². The number of aromatic nitrogens is 6. The fourth-order valence-corrected chi connectivity index (χ4v) is 5.59. The Bertz CT molecular complexity index is 1820. The molecule has 1 saturated carbocycles. The number of rotatable bonds is 5. The largest absolute Gasteiger partial charge is 0.337 e. The van der Waals surface area contributed by atoms with Crippen molar-refractivity contribution in [3.8, 4) is 0 Å². The summed E-state index contributed by atoms with van der Waals surface area (Å²) in [5.41, 5.74) is 4.52. The lowest BCUT2D eigenvalue weighted by atomic mass is 10.0. The minimum Gasteiger partial charge on any atom is -0.337 e. The maximum absolute atomic E-state index is 13.6. The van der Waals surface area contributed by atoms with Gasteiger partial charge in [0.05, 0.1) is 33.3 Å². The zero-order chi connectivity index (χ0) is 27.0. The molecule has 5 N–H and O–H groups in total. The molecule has 12 heteroatoms. The quantitative estimate of drug-likeness (QED) is 0.195. The molecule has 11 nitrogen and oxygen atoms in total.